The summed E-state index contributed by atoms with van der Waals surface area (Å²) in [6.45, 7) is 4.92. The van der Waals surface area contributed by atoms with Crippen LogP contribution in [0.1, 0.15) is 12.6 Å². The summed E-state index contributed by atoms with van der Waals surface area (Å²) in [5, 5.41) is 5.77. The maximum absolute atomic E-state index is 12.0. The van der Waals surface area contributed by atoms with E-state index in [2.05, 4.69) is 25.5 Å². The molecule has 1 aliphatic heterocycles. The van der Waals surface area contributed by atoms with Crippen LogP contribution in [0.4, 0.5) is 5.82 Å². The topological polar surface area (TPSA) is 79.4 Å². The van der Waals surface area contributed by atoms with E-state index >= 15 is 0 Å². The van der Waals surface area contributed by atoms with E-state index in [-0.39, 0.29) is 11.9 Å². The Morgan fingerprint density at radius 1 is 1.50 bits per heavy atom. The lowest BCUT2D eigenvalue weighted by Crippen LogP contribution is -2.53. The van der Waals surface area contributed by atoms with Gasteiger partial charge in [-0.2, -0.15) is 0 Å². The predicted molar refractivity (Wildman–Crippen MR) is 75.3 cm³/mol. The number of nitrogens with zero attached hydrogens (tertiary/aromatic N) is 3. The molecule has 7 nitrogen and oxygen atoms in total. The lowest BCUT2D eigenvalue weighted by atomic mass is 10.2. The zero-order valence-electron chi connectivity index (χ0n) is 11.9. The minimum absolute atomic E-state index is 0.00649. The number of rotatable bonds is 5. The van der Waals surface area contributed by atoms with Crippen LogP contribution in [0.3, 0.4) is 0 Å². The maximum atomic E-state index is 12.0. The molecule has 1 unspecified atom stereocenters. The standard InChI is InChI=1S/C13H21N5O2/c1-3-15-13(19)11-9-20-5-4-18(11)8-10-6-17-12(14-2)7-16-10/h6-7,11H,3-5,8-9H2,1-2H3,(H,14,17)(H,15,19). The number of hydrogen-bond donors (Lipinski definition) is 2. The molecule has 20 heavy (non-hydrogen) atoms. The number of amides is 1. The van der Waals surface area contributed by atoms with E-state index in [0.29, 0.717) is 26.3 Å². The van der Waals surface area contributed by atoms with Gasteiger partial charge in [0.15, 0.2) is 0 Å². The van der Waals surface area contributed by atoms with Crippen LogP contribution < -0.4 is 10.6 Å². The molecule has 1 amide bonds. The highest BCUT2D eigenvalue weighted by atomic mass is 16.5. The van der Waals surface area contributed by atoms with E-state index in [1.807, 2.05) is 6.92 Å². The fourth-order valence-electron chi connectivity index (χ4n) is 2.13. The Morgan fingerprint density at radius 2 is 2.35 bits per heavy atom. The number of nitrogens with one attached hydrogen (secondary N) is 2. The van der Waals surface area contributed by atoms with Crippen molar-refractivity contribution in [2.24, 2.45) is 0 Å². The molecule has 0 spiro atoms. The highest BCUT2D eigenvalue weighted by Crippen LogP contribution is 2.11. The largest absolute Gasteiger partial charge is 0.378 e. The van der Waals surface area contributed by atoms with E-state index in [0.717, 1.165) is 18.1 Å². The van der Waals surface area contributed by atoms with Crippen LogP contribution in [0.5, 0.6) is 0 Å². The van der Waals surface area contributed by atoms with Crippen LogP contribution >= 0.6 is 0 Å². The molecule has 1 aromatic heterocycles. The number of anilines is 1. The normalized spacial score (nSPS) is 19.6. The number of carbonyl (C=O) groups is 1. The monoisotopic (exact) mass is 279 g/mol. The Hall–Kier alpha value is -1.73. The first kappa shape index (κ1) is 14.7. The minimum Gasteiger partial charge on any atom is -0.378 e. The van der Waals surface area contributed by atoms with Gasteiger partial charge in [0.25, 0.3) is 0 Å². The Morgan fingerprint density at radius 3 is 3.00 bits per heavy atom. The quantitative estimate of drug-likeness (QED) is 0.781. The molecule has 2 heterocycles. The van der Waals surface area contributed by atoms with Crippen molar-refractivity contribution in [3.05, 3.63) is 18.1 Å². The molecule has 1 atom stereocenters. The maximum Gasteiger partial charge on any atom is 0.239 e. The van der Waals surface area contributed by atoms with Crippen molar-refractivity contribution >= 4 is 11.7 Å². The second-order valence-electron chi connectivity index (χ2n) is 4.60. The SMILES string of the molecule is CCNC(=O)C1COCCN1Cc1cnc(NC)cn1. The van der Waals surface area contributed by atoms with Crippen LogP contribution in [-0.2, 0) is 16.1 Å². The summed E-state index contributed by atoms with van der Waals surface area (Å²) < 4.78 is 5.41. The van der Waals surface area contributed by atoms with Crippen LogP contribution in [0.15, 0.2) is 12.4 Å². The molecule has 0 radical (unpaired) electrons. The third kappa shape index (κ3) is 3.64. The lowest BCUT2D eigenvalue weighted by molar-refractivity contribution is -0.132. The van der Waals surface area contributed by atoms with Gasteiger partial charge in [-0.3, -0.25) is 14.7 Å². The molecule has 1 aliphatic rings. The summed E-state index contributed by atoms with van der Waals surface area (Å²) in [6.07, 6.45) is 3.42. The van der Waals surface area contributed by atoms with Gasteiger partial charge in [-0.1, -0.05) is 0 Å². The number of likely N-dealkylation sites (N-methyl/N-ethyl adjacent to an activating group) is 1. The zero-order valence-corrected chi connectivity index (χ0v) is 11.9. The average molecular weight is 279 g/mol. The summed E-state index contributed by atoms with van der Waals surface area (Å²) in [4.78, 5) is 22.7. The Labute approximate surface area is 118 Å². The molecule has 1 saturated heterocycles. The molecule has 0 saturated carbocycles. The number of hydrogen-bond acceptors (Lipinski definition) is 6. The van der Waals surface area contributed by atoms with Gasteiger partial charge in [-0.15, -0.1) is 0 Å². The third-order valence-corrected chi connectivity index (χ3v) is 3.22. The number of morpholine rings is 1. The van der Waals surface area contributed by atoms with Crippen molar-refractivity contribution in [2.45, 2.75) is 19.5 Å². The Bertz CT molecular complexity index is 437. The molecule has 7 heteroatoms. The van der Waals surface area contributed by atoms with Crippen LogP contribution in [0, 0.1) is 0 Å². The lowest BCUT2D eigenvalue weighted by Gasteiger charge is -2.34. The van der Waals surface area contributed by atoms with E-state index in [1.165, 1.54) is 0 Å². The first-order chi connectivity index (χ1) is 9.74. The number of ether oxygens (including phenoxy) is 1. The molecule has 0 aliphatic carbocycles. The van der Waals surface area contributed by atoms with Gasteiger partial charge in [0.05, 0.1) is 31.3 Å². The van der Waals surface area contributed by atoms with Crippen LogP contribution in [0.2, 0.25) is 0 Å². The molecule has 1 fully saturated rings. The highest BCUT2D eigenvalue weighted by molar-refractivity contribution is 5.81. The van der Waals surface area contributed by atoms with Gasteiger partial charge >= 0.3 is 0 Å². The second kappa shape index (κ2) is 7.16. The molecular formula is C13H21N5O2. The van der Waals surface area contributed by atoms with Crippen molar-refractivity contribution in [3.63, 3.8) is 0 Å². The predicted octanol–water partition coefficient (Wildman–Crippen LogP) is -0.145. The first-order valence-corrected chi connectivity index (χ1v) is 6.82. The van der Waals surface area contributed by atoms with Gasteiger partial charge in [0, 0.05) is 26.7 Å². The van der Waals surface area contributed by atoms with E-state index in [1.54, 1.807) is 19.4 Å². The van der Waals surface area contributed by atoms with Crippen molar-refractivity contribution in [2.75, 3.05) is 38.7 Å². The van der Waals surface area contributed by atoms with E-state index in [9.17, 15) is 4.79 Å². The fraction of sp³-hybridized carbons (Fsp3) is 0.615. The number of aromatic nitrogens is 2. The van der Waals surface area contributed by atoms with Gasteiger partial charge in [-0.05, 0) is 6.92 Å². The van der Waals surface area contributed by atoms with Gasteiger partial charge < -0.3 is 15.4 Å². The summed E-state index contributed by atoms with van der Waals surface area (Å²) in [5.41, 5.74) is 0.847. The molecular weight excluding hydrogens is 258 g/mol. The van der Waals surface area contributed by atoms with Crippen molar-refractivity contribution < 1.29 is 9.53 Å². The number of carbonyl (C=O) groups excluding carboxylic acids is 1. The van der Waals surface area contributed by atoms with Gasteiger partial charge in [0.1, 0.15) is 11.9 Å². The molecule has 0 aromatic carbocycles. The van der Waals surface area contributed by atoms with Crippen molar-refractivity contribution in [1.29, 1.82) is 0 Å². The van der Waals surface area contributed by atoms with Gasteiger partial charge in [0.2, 0.25) is 5.91 Å². The van der Waals surface area contributed by atoms with Crippen molar-refractivity contribution in [3.8, 4) is 0 Å². The smallest absolute Gasteiger partial charge is 0.239 e. The second-order valence-corrected chi connectivity index (χ2v) is 4.60. The highest BCUT2D eigenvalue weighted by Gasteiger charge is 2.29. The molecule has 110 valence electrons. The molecule has 0 bridgehead atoms. The van der Waals surface area contributed by atoms with E-state index in [4.69, 9.17) is 4.74 Å². The summed E-state index contributed by atoms with van der Waals surface area (Å²) >= 11 is 0. The van der Waals surface area contributed by atoms with Crippen LogP contribution in [-0.4, -0.2) is 60.2 Å². The minimum atomic E-state index is -0.255. The Balaban J connectivity index is 2.02. The summed E-state index contributed by atoms with van der Waals surface area (Å²) in [6, 6.07) is -0.255. The molecule has 2 N–H and O–H groups in total. The first-order valence-electron chi connectivity index (χ1n) is 6.82. The van der Waals surface area contributed by atoms with Crippen LogP contribution in [0.25, 0.3) is 0 Å². The Kier molecular flexibility index (Phi) is 5.25. The summed E-state index contributed by atoms with van der Waals surface area (Å²) in [5.74, 6) is 0.739. The fourth-order valence-corrected chi connectivity index (χ4v) is 2.13. The zero-order chi connectivity index (χ0) is 14.4. The summed E-state index contributed by atoms with van der Waals surface area (Å²) in [7, 11) is 1.80. The van der Waals surface area contributed by atoms with Crippen molar-refractivity contribution in [1.82, 2.24) is 20.2 Å². The van der Waals surface area contributed by atoms with E-state index < -0.39 is 0 Å². The molecule has 2 rings (SSSR count). The third-order valence-electron chi connectivity index (χ3n) is 3.22. The molecule has 1 aromatic rings. The average Bonchev–Trinajstić information content (AvgIpc) is 2.49. The van der Waals surface area contributed by atoms with Gasteiger partial charge in [-0.25, -0.2) is 4.98 Å².